The van der Waals surface area contributed by atoms with E-state index in [9.17, 15) is 0 Å². The Labute approximate surface area is 75.7 Å². The summed E-state index contributed by atoms with van der Waals surface area (Å²) in [7, 11) is 1.71. The minimum absolute atomic E-state index is 0.222. The van der Waals surface area contributed by atoms with E-state index in [4.69, 9.17) is 11.2 Å². The van der Waals surface area contributed by atoms with Crippen molar-refractivity contribution < 1.29 is 4.74 Å². The highest BCUT2D eigenvalue weighted by molar-refractivity contribution is 4.98. The zero-order valence-electron chi connectivity index (χ0n) is 8.10. The van der Waals surface area contributed by atoms with Crippen molar-refractivity contribution in [3.05, 3.63) is 0 Å². The van der Waals surface area contributed by atoms with Gasteiger partial charge >= 0.3 is 0 Å². The Morgan fingerprint density at radius 3 is 2.83 bits per heavy atom. The first-order valence-electron chi connectivity index (χ1n) is 4.53. The molecular formula is C10H19NO. The molecule has 12 heavy (non-hydrogen) atoms. The lowest BCUT2D eigenvalue weighted by Crippen LogP contribution is -2.28. The number of terminal acetylenes is 1. The summed E-state index contributed by atoms with van der Waals surface area (Å²) in [5.41, 5.74) is 0. The maximum atomic E-state index is 5.34. The molecule has 1 atom stereocenters. The third-order valence-electron chi connectivity index (χ3n) is 1.68. The lowest BCUT2D eigenvalue weighted by molar-refractivity contribution is 0.191. The van der Waals surface area contributed by atoms with E-state index in [1.165, 1.54) is 0 Å². The molecule has 0 aliphatic carbocycles. The number of ether oxygens (including phenoxy) is 1. The number of rotatable bonds is 7. The molecule has 0 heterocycles. The topological polar surface area (TPSA) is 21.3 Å². The van der Waals surface area contributed by atoms with Crippen LogP contribution in [-0.2, 0) is 4.74 Å². The third kappa shape index (κ3) is 6.21. The minimum Gasteiger partial charge on any atom is -0.385 e. The van der Waals surface area contributed by atoms with E-state index >= 15 is 0 Å². The molecule has 2 nitrogen and oxygen atoms in total. The highest BCUT2D eigenvalue weighted by Gasteiger charge is 2.01. The van der Waals surface area contributed by atoms with Gasteiger partial charge in [0.05, 0.1) is 6.04 Å². The average molecular weight is 169 g/mol. The molecule has 70 valence electrons. The monoisotopic (exact) mass is 169 g/mol. The summed E-state index contributed by atoms with van der Waals surface area (Å²) in [6, 6.07) is 0.222. The molecule has 0 aliphatic heterocycles. The van der Waals surface area contributed by atoms with Gasteiger partial charge in [-0.1, -0.05) is 12.8 Å². The Morgan fingerprint density at radius 2 is 2.33 bits per heavy atom. The maximum absolute atomic E-state index is 5.34. The standard InChI is InChI=1S/C10H19NO/c1-4-8-11-10(5-2)7-6-9-12-3/h2,10-11H,4,6-9H2,1,3H3. The maximum Gasteiger partial charge on any atom is 0.0687 e. The predicted molar refractivity (Wildman–Crippen MR) is 52.0 cm³/mol. The molecule has 1 unspecified atom stereocenters. The number of hydrogen-bond acceptors (Lipinski definition) is 2. The van der Waals surface area contributed by atoms with Gasteiger partial charge in [0.15, 0.2) is 0 Å². The molecule has 0 aliphatic rings. The Balaban J connectivity index is 3.35. The van der Waals surface area contributed by atoms with Crippen LogP contribution in [0.2, 0.25) is 0 Å². The van der Waals surface area contributed by atoms with Gasteiger partial charge in [-0.2, -0.15) is 0 Å². The number of hydrogen-bond donors (Lipinski definition) is 1. The molecule has 0 saturated carbocycles. The van der Waals surface area contributed by atoms with E-state index in [0.717, 1.165) is 32.4 Å². The summed E-state index contributed by atoms with van der Waals surface area (Å²) in [5.74, 6) is 2.73. The van der Waals surface area contributed by atoms with E-state index in [-0.39, 0.29) is 6.04 Å². The van der Waals surface area contributed by atoms with Crippen molar-refractivity contribution in [3.63, 3.8) is 0 Å². The van der Waals surface area contributed by atoms with Gasteiger partial charge in [0.2, 0.25) is 0 Å². The molecule has 0 aromatic rings. The molecule has 0 aromatic heterocycles. The first kappa shape index (κ1) is 11.5. The Kier molecular flexibility index (Phi) is 8.20. The van der Waals surface area contributed by atoms with Gasteiger partial charge in [-0.05, 0) is 25.8 Å². The van der Waals surface area contributed by atoms with E-state index < -0.39 is 0 Å². The summed E-state index contributed by atoms with van der Waals surface area (Å²) < 4.78 is 4.94. The summed E-state index contributed by atoms with van der Waals surface area (Å²) in [4.78, 5) is 0. The van der Waals surface area contributed by atoms with Crippen molar-refractivity contribution >= 4 is 0 Å². The van der Waals surface area contributed by atoms with Crippen molar-refractivity contribution in [2.45, 2.75) is 32.2 Å². The molecule has 0 aromatic carbocycles. The van der Waals surface area contributed by atoms with Gasteiger partial charge in [0.25, 0.3) is 0 Å². The van der Waals surface area contributed by atoms with Crippen LogP contribution in [0.4, 0.5) is 0 Å². The first-order valence-corrected chi connectivity index (χ1v) is 4.53. The van der Waals surface area contributed by atoms with Gasteiger partial charge in [-0.15, -0.1) is 6.42 Å². The third-order valence-corrected chi connectivity index (χ3v) is 1.68. The van der Waals surface area contributed by atoms with Crippen molar-refractivity contribution in [2.75, 3.05) is 20.3 Å². The van der Waals surface area contributed by atoms with E-state index in [1.807, 2.05) is 0 Å². The van der Waals surface area contributed by atoms with Crippen molar-refractivity contribution in [1.29, 1.82) is 0 Å². The quantitative estimate of drug-likeness (QED) is 0.459. The molecule has 0 bridgehead atoms. The molecule has 1 N–H and O–H groups in total. The minimum atomic E-state index is 0.222. The van der Waals surface area contributed by atoms with E-state index in [0.29, 0.717) is 0 Å². The molecule has 0 amide bonds. The Bertz CT molecular complexity index is 128. The first-order chi connectivity index (χ1) is 5.85. The number of methoxy groups -OCH3 is 1. The lowest BCUT2D eigenvalue weighted by Gasteiger charge is -2.11. The van der Waals surface area contributed by atoms with Crippen LogP contribution in [0.15, 0.2) is 0 Å². The SMILES string of the molecule is C#CC(CCCOC)NCCC. The normalized spacial score (nSPS) is 12.4. The van der Waals surface area contributed by atoms with Gasteiger partial charge in [0, 0.05) is 13.7 Å². The molecule has 0 spiro atoms. The van der Waals surface area contributed by atoms with Crippen LogP contribution in [0.1, 0.15) is 26.2 Å². The summed E-state index contributed by atoms with van der Waals surface area (Å²) in [6.45, 7) is 3.93. The summed E-state index contributed by atoms with van der Waals surface area (Å²) >= 11 is 0. The van der Waals surface area contributed by atoms with Crippen molar-refractivity contribution in [1.82, 2.24) is 5.32 Å². The second kappa shape index (κ2) is 8.58. The average Bonchev–Trinajstić information content (AvgIpc) is 2.11. The largest absolute Gasteiger partial charge is 0.385 e. The van der Waals surface area contributed by atoms with Crippen molar-refractivity contribution in [3.8, 4) is 12.3 Å². The van der Waals surface area contributed by atoms with Crippen LogP contribution in [0.25, 0.3) is 0 Å². The second-order valence-electron chi connectivity index (χ2n) is 2.81. The summed E-state index contributed by atoms with van der Waals surface area (Å²) in [5, 5.41) is 3.29. The fraction of sp³-hybridized carbons (Fsp3) is 0.800. The van der Waals surface area contributed by atoms with Crippen molar-refractivity contribution in [2.24, 2.45) is 0 Å². The van der Waals surface area contributed by atoms with Gasteiger partial charge in [0.1, 0.15) is 0 Å². The van der Waals surface area contributed by atoms with E-state index in [2.05, 4.69) is 18.2 Å². The predicted octanol–water partition coefficient (Wildman–Crippen LogP) is 1.41. The van der Waals surface area contributed by atoms with Crippen LogP contribution in [0.5, 0.6) is 0 Å². The lowest BCUT2D eigenvalue weighted by atomic mass is 10.1. The second-order valence-corrected chi connectivity index (χ2v) is 2.81. The molecule has 0 fully saturated rings. The molecule has 0 saturated heterocycles. The molecule has 0 radical (unpaired) electrons. The van der Waals surface area contributed by atoms with E-state index in [1.54, 1.807) is 7.11 Å². The highest BCUT2D eigenvalue weighted by Crippen LogP contribution is 1.96. The van der Waals surface area contributed by atoms with Crippen LogP contribution in [0.3, 0.4) is 0 Å². The van der Waals surface area contributed by atoms with Crippen LogP contribution >= 0.6 is 0 Å². The highest BCUT2D eigenvalue weighted by atomic mass is 16.5. The van der Waals surface area contributed by atoms with Gasteiger partial charge in [-0.25, -0.2) is 0 Å². The summed E-state index contributed by atoms with van der Waals surface area (Å²) in [6.07, 6.45) is 8.50. The van der Waals surface area contributed by atoms with Gasteiger partial charge < -0.3 is 10.1 Å². The molecule has 2 heteroatoms. The van der Waals surface area contributed by atoms with Crippen LogP contribution in [-0.4, -0.2) is 26.3 Å². The van der Waals surface area contributed by atoms with Crippen LogP contribution in [0, 0.1) is 12.3 Å². The van der Waals surface area contributed by atoms with Gasteiger partial charge in [-0.3, -0.25) is 0 Å². The fourth-order valence-corrected chi connectivity index (χ4v) is 0.995. The molecular weight excluding hydrogens is 150 g/mol. The van der Waals surface area contributed by atoms with Crippen LogP contribution < -0.4 is 5.32 Å². The Morgan fingerprint density at radius 1 is 1.58 bits per heavy atom. The fourth-order valence-electron chi connectivity index (χ4n) is 0.995. The Hall–Kier alpha value is -0.520. The zero-order chi connectivity index (χ0) is 9.23. The zero-order valence-corrected chi connectivity index (χ0v) is 8.10. The molecule has 0 rings (SSSR count). The smallest absolute Gasteiger partial charge is 0.0687 e. The number of nitrogens with one attached hydrogen (secondary N) is 1.